The SMILES string of the molecule is CCCCc1ccc(-c2ccc(C(=O)CCCC(=O)C[C@@H](CCCCN)C(=O)N[C@H](C(=O)C[C@H](C(=O)N[C@@H](CC(N)=O)C(=O)C[C@@H](C)B3OC4C[C@@H]5C[C@@H](C5(C)C)[C@]4(C)O3)C(C)C)C(C)C)cc2)cc1. The summed E-state index contributed by atoms with van der Waals surface area (Å²) in [5, 5.41) is 5.68. The van der Waals surface area contributed by atoms with E-state index in [2.05, 4.69) is 62.6 Å². The Hall–Kier alpha value is -4.53. The molecule has 70 heavy (non-hydrogen) atoms. The number of amides is 3. The second kappa shape index (κ2) is 25.2. The number of Topliss-reactive ketones (excluding diaryl/α,β-unsaturated/α-hetero) is 4. The Balaban J connectivity index is 1.14. The molecule has 6 N–H and O–H groups in total. The van der Waals surface area contributed by atoms with Crippen molar-refractivity contribution in [1.29, 1.82) is 0 Å². The lowest BCUT2D eigenvalue weighted by Gasteiger charge is -2.64. The fourth-order valence-electron chi connectivity index (χ4n) is 11.2. The molecule has 4 fully saturated rings. The number of ketones is 4. The Morgan fingerprint density at radius 2 is 1.40 bits per heavy atom. The average Bonchev–Trinajstić information content (AvgIpc) is 3.68. The van der Waals surface area contributed by atoms with Crippen molar-refractivity contribution in [3.63, 3.8) is 0 Å². The molecule has 384 valence electrons. The molecule has 3 aliphatic carbocycles. The Bertz CT molecular complexity index is 2140. The molecule has 2 bridgehead atoms. The first kappa shape index (κ1) is 56.4. The highest BCUT2D eigenvalue weighted by molar-refractivity contribution is 6.47. The third kappa shape index (κ3) is 14.3. The molecule has 2 aromatic rings. The van der Waals surface area contributed by atoms with E-state index >= 15 is 0 Å². The number of nitrogens with one attached hydrogen (secondary N) is 2. The summed E-state index contributed by atoms with van der Waals surface area (Å²) in [6, 6.07) is 13.9. The van der Waals surface area contributed by atoms with Crippen LogP contribution in [0.25, 0.3) is 11.1 Å². The molecule has 1 heterocycles. The van der Waals surface area contributed by atoms with Crippen LogP contribution in [-0.4, -0.2) is 78.3 Å². The van der Waals surface area contributed by atoms with Crippen LogP contribution in [0.2, 0.25) is 5.82 Å². The minimum Gasteiger partial charge on any atom is -0.405 e. The summed E-state index contributed by atoms with van der Waals surface area (Å²) < 4.78 is 13.0. The topological polar surface area (TPSA) is 214 Å². The van der Waals surface area contributed by atoms with Crippen molar-refractivity contribution in [1.82, 2.24) is 10.6 Å². The fourth-order valence-corrected chi connectivity index (χ4v) is 11.2. The van der Waals surface area contributed by atoms with E-state index in [1.54, 1.807) is 27.7 Å². The Labute approximate surface area is 418 Å². The van der Waals surface area contributed by atoms with Gasteiger partial charge >= 0.3 is 7.12 Å². The van der Waals surface area contributed by atoms with Gasteiger partial charge < -0.3 is 31.4 Å². The number of aryl methyl sites for hydroxylation is 1. The first-order chi connectivity index (χ1) is 33.1. The predicted molar refractivity (Wildman–Crippen MR) is 274 cm³/mol. The van der Waals surface area contributed by atoms with Gasteiger partial charge in [-0.2, -0.15) is 0 Å². The quantitative estimate of drug-likeness (QED) is 0.0333. The van der Waals surface area contributed by atoms with E-state index in [0.717, 1.165) is 43.2 Å². The predicted octanol–water partition coefficient (Wildman–Crippen LogP) is 8.56. The molecular formula is C56H83BN4O9. The minimum atomic E-state index is -1.21. The lowest BCUT2D eigenvalue weighted by molar-refractivity contribution is -0.199. The average molecular weight is 967 g/mol. The van der Waals surface area contributed by atoms with Gasteiger partial charge in [0, 0.05) is 49.5 Å². The van der Waals surface area contributed by atoms with Crippen LogP contribution in [-0.2, 0) is 44.5 Å². The van der Waals surface area contributed by atoms with E-state index in [1.165, 1.54) is 5.56 Å². The van der Waals surface area contributed by atoms with Crippen LogP contribution >= 0.6 is 0 Å². The van der Waals surface area contributed by atoms with E-state index in [4.69, 9.17) is 20.8 Å². The zero-order valence-electron chi connectivity index (χ0n) is 43.6. The molecular weight excluding hydrogens is 883 g/mol. The van der Waals surface area contributed by atoms with Gasteiger partial charge in [0.25, 0.3) is 0 Å². The van der Waals surface area contributed by atoms with Crippen LogP contribution in [0.4, 0.5) is 0 Å². The van der Waals surface area contributed by atoms with Crippen LogP contribution < -0.4 is 22.1 Å². The molecule has 3 saturated carbocycles. The van der Waals surface area contributed by atoms with Crippen molar-refractivity contribution in [3.05, 3.63) is 59.7 Å². The summed E-state index contributed by atoms with van der Waals surface area (Å²) in [5.74, 6) is -4.45. The molecule has 0 spiro atoms. The number of carbonyl (C=O) groups excluding carboxylic acids is 7. The molecule has 14 heteroatoms. The third-order valence-electron chi connectivity index (χ3n) is 16.0. The second-order valence-corrected chi connectivity index (χ2v) is 22.3. The van der Waals surface area contributed by atoms with Gasteiger partial charge in [-0.25, -0.2) is 0 Å². The van der Waals surface area contributed by atoms with Crippen molar-refractivity contribution in [2.45, 2.75) is 188 Å². The van der Waals surface area contributed by atoms with Gasteiger partial charge in [0.05, 0.1) is 30.2 Å². The van der Waals surface area contributed by atoms with Crippen molar-refractivity contribution < 1.29 is 42.9 Å². The molecule has 2 aromatic carbocycles. The number of unbranched alkanes of at least 4 members (excludes halogenated alkanes) is 2. The Kier molecular flexibility index (Phi) is 20.3. The largest absolute Gasteiger partial charge is 0.461 e. The van der Waals surface area contributed by atoms with E-state index < -0.39 is 60.8 Å². The number of carbonyl (C=O) groups is 7. The first-order valence-corrected chi connectivity index (χ1v) is 26.3. The number of primary amides is 1. The van der Waals surface area contributed by atoms with Crippen LogP contribution in [0.3, 0.4) is 0 Å². The Morgan fingerprint density at radius 3 is 1.99 bits per heavy atom. The summed E-state index contributed by atoms with van der Waals surface area (Å²) in [4.78, 5) is 94.7. The Morgan fingerprint density at radius 1 is 0.743 bits per heavy atom. The molecule has 3 amide bonds. The molecule has 9 atom stereocenters. The van der Waals surface area contributed by atoms with Crippen molar-refractivity contribution in [2.75, 3.05) is 6.54 Å². The van der Waals surface area contributed by atoms with Crippen molar-refractivity contribution in [3.8, 4) is 11.1 Å². The van der Waals surface area contributed by atoms with Gasteiger partial charge in [-0.15, -0.1) is 0 Å². The summed E-state index contributed by atoms with van der Waals surface area (Å²) in [5.41, 5.74) is 15.1. The van der Waals surface area contributed by atoms with E-state index in [1.807, 2.05) is 31.2 Å². The van der Waals surface area contributed by atoms with Crippen molar-refractivity contribution >= 4 is 48.0 Å². The molecule has 1 unspecified atom stereocenters. The molecule has 1 aliphatic heterocycles. The highest BCUT2D eigenvalue weighted by atomic mass is 16.7. The normalized spacial score (nSPS) is 22.3. The maximum atomic E-state index is 14.1. The summed E-state index contributed by atoms with van der Waals surface area (Å²) in [6.07, 6.45) is 6.92. The molecule has 1 saturated heterocycles. The van der Waals surface area contributed by atoms with E-state index in [-0.39, 0.29) is 84.4 Å². The molecule has 4 aliphatic rings. The maximum absolute atomic E-state index is 14.1. The lowest BCUT2D eigenvalue weighted by atomic mass is 9.43. The zero-order chi connectivity index (χ0) is 51.5. The van der Waals surface area contributed by atoms with Gasteiger partial charge in [0.15, 0.2) is 17.3 Å². The van der Waals surface area contributed by atoms with Gasteiger partial charge in [-0.1, -0.05) is 117 Å². The number of hydrogen-bond donors (Lipinski definition) is 4. The molecule has 13 nitrogen and oxygen atoms in total. The van der Waals surface area contributed by atoms with Gasteiger partial charge in [0.2, 0.25) is 17.7 Å². The first-order valence-electron chi connectivity index (χ1n) is 26.3. The van der Waals surface area contributed by atoms with Gasteiger partial charge in [-0.05, 0) is 110 Å². The zero-order valence-corrected chi connectivity index (χ0v) is 43.6. The van der Waals surface area contributed by atoms with Gasteiger partial charge in [0.1, 0.15) is 5.78 Å². The second-order valence-electron chi connectivity index (χ2n) is 22.3. The van der Waals surface area contributed by atoms with Crippen LogP contribution in [0.15, 0.2) is 48.5 Å². The van der Waals surface area contributed by atoms with Crippen LogP contribution in [0, 0.1) is 40.9 Å². The highest BCUT2D eigenvalue weighted by Gasteiger charge is 2.68. The highest BCUT2D eigenvalue weighted by Crippen LogP contribution is 2.66. The summed E-state index contributed by atoms with van der Waals surface area (Å²) >= 11 is 0. The monoisotopic (exact) mass is 967 g/mol. The fraction of sp³-hybridized carbons (Fsp3) is 0.661. The summed E-state index contributed by atoms with van der Waals surface area (Å²) in [6.45, 7) is 18.3. The molecule has 0 radical (unpaired) electrons. The van der Waals surface area contributed by atoms with Crippen LogP contribution in [0.1, 0.15) is 168 Å². The number of nitrogens with two attached hydrogens (primary N) is 2. The lowest BCUT2D eigenvalue weighted by Crippen LogP contribution is -2.65. The molecule has 0 aromatic heterocycles. The minimum absolute atomic E-state index is 0.0210. The standard InChI is InChI=1S/C56H83BN4O9/c1-10-11-15-37-19-21-38(22-20-37)39-23-25-40(26-24-39)46(63)18-14-17-43(62)29-41(16-12-13-27-58)53(67)61-52(35(4)5)48(65)32-44(34(2)3)54(68)60-45(33-51(59)66)47(64)28-36(6)57-69-50-31-42-30-49(55(42,7)8)56(50,9)70-57/h19-26,34-36,41-42,44-45,49-50,52H,10-18,27-33,58H2,1-9H3,(H2,59,66)(H,60,68)(H,61,67)/t36-,41-,42+,44+,45+,49+,50?,52+,56+/m1/s1. The van der Waals surface area contributed by atoms with Crippen LogP contribution in [0.5, 0.6) is 0 Å². The number of hydrogen-bond acceptors (Lipinski definition) is 10. The van der Waals surface area contributed by atoms with E-state index in [9.17, 15) is 33.6 Å². The summed E-state index contributed by atoms with van der Waals surface area (Å²) in [7, 11) is -0.614. The molecule has 6 rings (SSSR count). The third-order valence-corrected chi connectivity index (χ3v) is 16.0. The maximum Gasteiger partial charge on any atom is 0.461 e. The van der Waals surface area contributed by atoms with Crippen molar-refractivity contribution in [2.24, 2.45) is 52.4 Å². The number of rotatable bonds is 30. The van der Waals surface area contributed by atoms with Gasteiger partial charge in [-0.3, -0.25) is 33.6 Å². The van der Waals surface area contributed by atoms with E-state index in [0.29, 0.717) is 49.6 Å². The number of benzene rings is 2. The smallest absolute Gasteiger partial charge is 0.405 e.